The van der Waals surface area contributed by atoms with Gasteiger partial charge in [0.05, 0.1) is 8.66 Å². The van der Waals surface area contributed by atoms with Gasteiger partial charge in [-0.05, 0) is 34.5 Å². The molecule has 1 rings (SSSR count). The lowest BCUT2D eigenvalue weighted by Crippen LogP contribution is -2.43. The van der Waals surface area contributed by atoms with Gasteiger partial charge in [-0.2, -0.15) is 22.0 Å². The number of ketones is 1. The molecule has 8 heteroatoms. The van der Waals surface area contributed by atoms with E-state index in [2.05, 4.69) is 15.9 Å². The van der Waals surface area contributed by atoms with Crippen LogP contribution in [0.5, 0.6) is 0 Å². The molecule has 0 aliphatic heterocycles. The molecule has 0 saturated carbocycles. The highest BCUT2D eigenvalue weighted by atomic mass is 79.9. The second kappa shape index (κ2) is 4.06. The average Bonchev–Trinajstić information content (AvgIpc) is 2.43. The number of hydrogen-bond donors (Lipinski definition) is 0. The zero-order chi connectivity index (χ0) is 12.7. The van der Waals surface area contributed by atoms with Gasteiger partial charge in [0, 0.05) is 0 Å². The van der Waals surface area contributed by atoms with Gasteiger partial charge >= 0.3 is 12.1 Å². The van der Waals surface area contributed by atoms with E-state index in [1.165, 1.54) is 6.92 Å². The zero-order valence-corrected chi connectivity index (χ0v) is 10.1. The van der Waals surface area contributed by atoms with Crippen molar-refractivity contribution >= 4 is 33.0 Å². The minimum absolute atomic E-state index is 0.355. The average molecular weight is 323 g/mol. The van der Waals surface area contributed by atoms with Gasteiger partial charge in [0.15, 0.2) is 0 Å². The highest BCUT2D eigenvalue weighted by molar-refractivity contribution is 9.11. The molecule has 0 aliphatic rings. The zero-order valence-electron chi connectivity index (χ0n) is 7.66. The van der Waals surface area contributed by atoms with E-state index in [-0.39, 0.29) is 0 Å². The van der Waals surface area contributed by atoms with Gasteiger partial charge in [-0.15, -0.1) is 11.3 Å². The summed E-state index contributed by atoms with van der Waals surface area (Å²) in [6, 6.07) is 0.997. The van der Waals surface area contributed by atoms with Crippen LogP contribution in [0.4, 0.5) is 22.0 Å². The number of alkyl halides is 5. The maximum atomic E-state index is 12.7. The topological polar surface area (TPSA) is 17.1 Å². The van der Waals surface area contributed by atoms with Crippen LogP contribution in [0.2, 0.25) is 0 Å². The van der Waals surface area contributed by atoms with E-state index < -0.39 is 22.8 Å². The second-order valence-electron chi connectivity index (χ2n) is 2.97. The highest BCUT2D eigenvalue weighted by Gasteiger charge is 2.63. The SMILES string of the molecule is Cc1cc(C(=O)C(F)(F)C(F)(F)F)sc1Br. The number of carbonyl (C=O) groups excluding carboxylic acids is 1. The van der Waals surface area contributed by atoms with Gasteiger partial charge in [-0.3, -0.25) is 4.79 Å². The molecule has 1 aromatic rings. The van der Waals surface area contributed by atoms with Crippen LogP contribution in [0.15, 0.2) is 9.85 Å². The number of halogens is 6. The van der Waals surface area contributed by atoms with Crippen molar-refractivity contribution in [3.05, 3.63) is 20.3 Å². The summed E-state index contributed by atoms with van der Waals surface area (Å²) in [6.45, 7) is 1.49. The number of hydrogen-bond acceptors (Lipinski definition) is 2. The van der Waals surface area contributed by atoms with E-state index in [0.29, 0.717) is 20.7 Å². The van der Waals surface area contributed by atoms with Gasteiger partial charge in [0.2, 0.25) is 0 Å². The number of aryl methyl sites for hydroxylation is 1. The van der Waals surface area contributed by atoms with Gasteiger partial charge in [-0.1, -0.05) is 0 Å². The lowest BCUT2D eigenvalue weighted by molar-refractivity contribution is -0.255. The molecule has 1 aromatic heterocycles. The number of rotatable bonds is 2. The first kappa shape index (κ1) is 13.6. The molecule has 1 heterocycles. The summed E-state index contributed by atoms with van der Waals surface area (Å²) in [5, 5.41) is 0. The van der Waals surface area contributed by atoms with Gasteiger partial charge in [0.1, 0.15) is 0 Å². The maximum Gasteiger partial charge on any atom is 0.461 e. The Labute approximate surface area is 99.4 Å². The van der Waals surface area contributed by atoms with Crippen LogP contribution in [-0.2, 0) is 0 Å². The summed E-state index contributed by atoms with van der Waals surface area (Å²) < 4.78 is 61.4. The Morgan fingerprint density at radius 2 is 1.81 bits per heavy atom. The molecular formula is C8H4BrF5OS. The Bertz CT molecular complexity index is 403. The smallest absolute Gasteiger partial charge is 0.286 e. The molecule has 0 bridgehead atoms. The Balaban J connectivity index is 3.12. The second-order valence-corrected chi connectivity index (χ2v) is 5.34. The number of thiophene rings is 1. The minimum atomic E-state index is -5.87. The Morgan fingerprint density at radius 3 is 2.12 bits per heavy atom. The summed E-state index contributed by atoms with van der Waals surface area (Å²) >= 11 is 3.49. The van der Waals surface area contributed by atoms with Gasteiger partial charge in [0.25, 0.3) is 5.78 Å². The molecule has 0 fully saturated rings. The Kier molecular flexibility index (Phi) is 3.45. The molecule has 0 aromatic carbocycles. The van der Waals surface area contributed by atoms with Crippen molar-refractivity contribution in [1.82, 2.24) is 0 Å². The van der Waals surface area contributed by atoms with E-state index in [1.54, 1.807) is 0 Å². The number of Topliss-reactive ketones (excluding diaryl/α,β-unsaturated/α-hetero) is 1. The first-order valence-corrected chi connectivity index (χ1v) is 5.43. The van der Waals surface area contributed by atoms with Crippen molar-refractivity contribution in [1.29, 1.82) is 0 Å². The quantitative estimate of drug-likeness (QED) is 0.589. The Morgan fingerprint density at radius 1 is 1.31 bits per heavy atom. The van der Waals surface area contributed by atoms with Crippen LogP contribution < -0.4 is 0 Å². The van der Waals surface area contributed by atoms with Gasteiger partial charge < -0.3 is 0 Å². The number of carbonyl (C=O) groups is 1. The van der Waals surface area contributed by atoms with E-state index >= 15 is 0 Å². The van der Waals surface area contributed by atoms with E-state index in [9.17, 15) is 26.7 Å². The molecule has 0 aliphatic carbocycles. The fraction of sp³-hybridized carbons (Fsp3) is 0.375. The molecule has 0 amide bonds. The van der Waals surface area contributed by atoms with Crippen LogP contribution in [0, 0.1) is 6.92 Å². The predicted octanol–water partition coefficient (Wildman–Crippen LogP) is 4.20. The third-order valence-corrected chi connectivity index (χ3v) is 3.86. The van der Waals surface area contributed by atoms with Gasteiger partial charge in [-0.25, -0.2) is 0 Å². The lowest BCUT2D eigenvalue weighted by atomic mass is 10.1. The summed E-state index contributed by atoms with van der Waals surface area (Å²) in [7, 11) is 0. The standard InChI is InChI=1S/C8H4BrF5OS/c1-3-2-4(16-6(3)9)5(15)7(10,11)8(12,13)14/h2H,1H3. The predicted molar refractivity (Wildman–Crippen MR) is 52.1 cm³/mol. The first-order valence-electron chi connectivity index (χ1n) is 3.82. The molecule has 0 atom stereocenters. The van der Waals surface area contributed by atoms with Crippen LogP contribution in [0.3, 0.4) is 0 Å². The van der Waals surface area contributed by atoms with Crippen LogP contribution in [0.1, 0.15) is 15.2 Å². The van der Waals surface area contributed by atoms with E-state index in [0.717, 1.165) is 6.07 Å². The van der Waals surface area contributed by atoms with Crippen LogP contribution in [0.25, 0.3) is 0 Å². The van der Waals surface area contributed by atoms with Crippen LogP contribution in [-0.4, -0.2) is 17.9 Å². The van der Waals surface area contributed by atoms with Crippen molar-refractivity contribution in [2.24, 2.45) is 0 Å². The van der Waals surface area contributed by atoms with Crippen LogP contribution >= 0.6 is 27.3 Å². The third kappa shape index (κ3) is 2.27. The summed E-state index contributed by atoms with van der Waals surface area (Å²) in [5.74, 6) is -7.57. The molecule has 16 heavy (non-hydrogen) atoms. The molecule has 0 spiro atoms. The molecule has 90 valence electrons. The molecule has 0 radical (unpaired) electrons. The normalized spacial score (nSPS) is 12.9. The minimum Gasteiger partial charge on any atom is -0.286 e. The molecular weight excluding hydrogens is 319 g/mol. The fourth-order valence-corrected chi connectivity index (χ4v) is 2.36. The highest BCUT2D eigenvalue weighted by Crippen LogP contribution is 2.40. The van der Waals surface area contributed by atoms with Crippen molar-refractivity contribution in [2.75, 3.05) is 0 Å². The molecule has 0 saturated heterocycles. The summed E-state index contributed by atoms with van der Waals surface area (Å²) in [5.41, 5.74) is 0.436. The molecule has 0 N–H and O–H groups in total. The largest absolute Gasteiger partial charge is 0.461 e. The summed E-state index contributed by atoms with van der Waals surface area (Å²) in [6.07, 6.45) is -5.87. The Hall–Kier alpha value is -0.500. The maximum absolute atomic E-state index is 12.7. The monoisotopic (exact) mass is 322 g/mol. The van der Waals surface area contributed by atoms with E-state index in [1.807, 2.05) is 0 Å². The first-order chi connectivity index (χ1) is 7.07. The molecule has 0 unspecified atom stereocenters. The van der Waals surface area contributed by atoms with Crippen molar-refractivity contribution < 1.29 is 26.7 Å². The lowest BCUT2D eigenvalue weighted by Gasteiger charge is -2.16. The van der Waals surface area contributed by atoms with Crippen molar-refractivity contribution in [3.63, 3.8) is 0 Å². The van der Waals surface area contributed by atoms with Crippen molar-refractivity contribution in [2.45, 2.75) is 19.0 Å². The third-order valence-electron chi connectivity index (χ3n) is 1.72. The fourth-order valence-electron chi connectivity index (χ4n) is 0.855. The van der Waals surface area contributed by atoms with Crippen molar-refractivity contribution in [3.8, 4) is 0 Å². The summed E-state index contributed by atoms with van der Waals surface area (Å²) in [4.78, 5) is 10.4. The molecule has 1 nitrogen and oxygen atoms in total. The van der Waals surface area contributed by atoms with E-state index in [4.69, 9.17) is 0 Å².